The van der Waals surface area contributed by atoms with Crippen molar-refractivity contribution in [2.45, 2.75) is 0 Å². The van der Waals surface area contributed by atoms with Crippen LogP contribution >= 0.6 is 0 Å². The number of carboxylic acids is 1. The molecule has 34 heavy (non-hydrogen) atoms. The minimum Gasteiger partial charge on any atom is -0.497 e. The van der Waals surface area contributed by atoms with E-state index in [0.717, 1.165) is 44.7 Å². The van der Waals surface area contributed by atoms with Crippen molar-refractivity contribution >= 4 is 17.0 Å². The zero-order valence-corrected chi connectivity index (χ0v) is 18.3. The second kappa shape index (κ2) is 8.57. The van der Waals surface area contributed by atoms with Crippen LogP contribution in [0.1, 0.15) is 15.9 Å². The second-order valence-electron chi connectivity index (χ2n) is 7.78. The van der Waals surface area contributed by atoms with Crippen molar-refractivity contribution < 1.29 is 14.6 Å². The zero-order valence-electron chi connectivity index (χ0n) is 18.3. The number of pyridine rings is 1. The van der Waals surface area contributed by atoms with Gasteiger partial charge < -0.3 is 14.4 Å². The van der Waals surface area contributed by atoms with Crippen molar-refractivity contribution in [3.63, 3.8) is 0 Å². The van der Waals surface area contributed by atoms with Crippen LogP contribution in [0, 0.1) is 11.3 Å². The minimum atomic E-state index is -0.959. The number of fused-ring (bicyclic) bond motifs is 1. The number of nitrogens with zero attached hydrogens (tertiary/aromatic N) is 3. The van der Waals surface area contributed by atoms with Gasteiger partial charge in [0, 0.05) is 34.6 Å². The summed E-state index contributed by atoms with van der Waals surface area (Å²) >= 11 is 0. The molecule has 2 aromatic heterocycles. The molecule has 0 radical (unpaired) electrons. The fraction of sp³-hybridized carbons (Fsp3) is 0.0357. The van der Waals surface area contributed by atoms with Crippen LogP contribution in [0.25, 0.3) is 39.0 Å². The van der Waals surface area contributed by atoms with E-state index in [9.17, 15) is 15.2 Å². The maximum Gasteiger partial charge on any atom is 0.335 e. The Labute approximate surface area is 195 Å². The minimum absolute atomic E-state index is 0.238. The molecular formula is C28H19N3O3. The summed E-state index contributed by atoms with van der Waals surface area (Å²) in [5.74, 6) is -0.188. The van der Waals surface area contributed by atoms with E-state index in [4.69, 9.17) is 9.72 Å². The van der Waals surface area contributed by atoms with Crippen molar-refractivity contribution in [3.05, 3.63) is 102 Å². The van der Waals surface area contributed by atoms with E-state index in [0.29, 0.717) is 5.56 Å². The van der Waals surface area contributed by atoms with E-state index in [1.54, 1.807) is 49.7 Å². The predicted octanol–water partition coefficient (Wildman–Crippen LogP) is 5.94. The highest BCUT2D eigenvalue weighted by atomic mass is 16.5. The van der Waals surface area contributed by atoms with Gasteiger partial charge in [-0.1, -0.05) is 24.3 Å². The molecule has 0 bridgehead atoms. The molecule has 0 atom stereocenters. The lowest BCUT2D eigenvalue weighted by molar-refractivity contribution is 0.0697. The van der Waals surface area contributed by atoms with E-state index >= 15 is 0 Å². The highest BCUT2D eigenvalue weighted by molar-refractivity contribution is 5.97. The van der Waals surface area contributed by atoms with Gasteiger partial charge >= 0.3 is 5.97 Å². The van der Waals surface area contributed by atoms with E-state index in [1.807, 2.05) is 47.2 Å². The number of aromatic carboxylic acids is 1. The Morgan fingerprint density at radius 2 is 1.62 bits per heavy atom. The molecule has 5 aromatic rings. The fourth-order valence-electron chi connectivity index (χ4n) is 3.96. The number of hydrogen-bond acceptors (Lipinski definition) is 4. The summed E-state index contributed by atoms with van der Waals surface area (Å²) in [5, 5.41) is 19.3. The number of ether oxygens (including phenoxy) is 1. The summed E-state index contributed by atoms with van der Waals surface area (Å²) in [6.07, 6.45) is 3.83. The Morgan fingerprint density at radius 1 is 0.941 bits per heavy atom. The van der Waals surface area contributed by atoms with E-state index in [2.05, 4.69) is 12.1 Å². The first-order valence-corrected chi connectivity index (χ1v) is 10.6. The molecular weight excluding hydrogens is 426 g/mol. The lowest BCUT2D eigenvalue weighted by Crippen LogP contribution is -1.95. The van der Waals surface area contributed by atoms with Crippen LogP contribution in [0.3, 0.4) is 0 Å². The predicted molar refractivity (Wildman–Crippen MR) is 130 cm³/mol. The second-order valence-corrected chi connectivity index (χ2v) is 7.78. The number of methoxy groups -OCH3 is 1. The number of carboxylic acid groups (broad SMARTS) is 1. The molecule has 164 valence electrons. The van der Waals surface area contributed by atoms with Crippen molar-refractivity contribution in [3.8, 4) is 39.8 Å². The van der Waals surface area contributed by atoms with Crippen LogP contribution in [0.4, 0.5) is 0 Å². The molecule has 2 heterocycles. The fourth-order valence-corrected chi connectivity index (χ4v) is 3.96. The van der Waals surface area contributed by atoms with Gasteiger partial charge in [0.15, 0.2) is 0 Å². The van der Waals surface area contributed by atoms with Gasteiger partial charge in [0.05, 0.1) is 24.3 Å². The molecule has 5 rings (SSSR count). The first-order chi connectivity index (χ1) is 16.6. The lowest BCUT2D eigenvalue weighted by atomic mass is 10.0. The van der Waals surface area contributed by atoms with Gasteiger partial charge in [0.1, 0.15) is 11.4 Å². The monoisotopic (exact) mass is 445 g/mol. The standard InChI is InChI=1S/C28H19N3O3/c1-34-24-12-10-23(11-13-24)31-17-26(20-4-2-18(15-29)3-5-20)25-14-22(16-30-27(25)31)19-6-8-21(9-7-19)28(32)33/h2-14,16-17H,1H3,(H,32,33). The number of benzene rings is 3. The maximum atomic E-state index is 11.2. The summed E-state index contributed by atoms with van der Waals surface area (Å²) in [7, 11) is 1.63. The molecule has 0 aliphatic rings. The van der Waals surface area contributed by atoms with E-state index in [1.165, 1.54) is 0 Å². The molecule has 0 saturated carbocycles. The third kappa shape index (κ3) is 3.76. The SMILES string of the molecule is COc1ccc(-n2cc(-c3ccc(C#N)cc3)c3cc(-c4ccc(C(=O)O)cc4)cnc32)cc1. The van der Waals surface area contributed by atoms with Crippen LogP contribution in [-0.2, 0) is 0 Å². The number of aromatic nitrogens is 2. The Balaban J connectivity index is 1.69. The topological polar surface area (TPSA) is 88.1 Å². The number of hydrogen-bond donors (Lipinski definition) is 1. The van der Waals surface area contributed by atoms with Gasteiger partial charge in [-0.05, 0) is 65.7 Å². The molecule has 0 amide bonds. The van der Waals surface area contributed by atoms with Crippen LogP contribution < -0.4 is 4.74 Å². The zero-order chi connectivity index (χ0) is 23.7. The van der Waals surface area contributed by atoms with Crippen molar-refractivity contribution in [1.29, 1.82) is 5.26 Å². The molecule has 0 fully saturated rings. The normalized spacial score (nSPS) is 10.7. The first kappa shape index (κ1) is 21.0. The Morgan fingerprint density at radius 3 is 2.24 bits per heavy atom. The van der Waals surface area contributed by atoms with Crippen LogP contribution in [0.2, 0.25) is 0 Å². The summed E-state index contributed by atoms with van der Waals surface area (Å²) in [4.78, 5) is 16.0. The number of nitriles is 1. The molecule has 0 aliphatic carbocycles. The third-order valence-electron chi connectivity index (χ3n) is 5.78. The van der Waals surface area contributed by atoms with Crippen LogP contribution in [0.5, 0.6) is 5.75 Å². The number of rotatable bonds is 5. The summed E-state index contributed by atoms with van der Waals surface area (Å²) in [5.41, 5.74) is 6.27. The number of carbonyl (C=O) groups is 1. The molecule has 0 unspecified atom stereocenters. The molecule has 3 aromatic carbocycles. The molecule has 6 heteroatoms. The Hall–Kier alpha value is -4.89. The van der Waals surface area contributed by atoms with Gasteiger partial charge in [-0.25, -0.2) is 9.78 Å². The highest BCUT2D eigenvalue weighted by Gasteiger charge is 2.15. The van der Waals surface area contributed by atoms with Crippen molar-refractivity contribution in [1.82, 2.24) is 9.55 Å². The first-order valence-electron chi connectivity index (χ1n) is 10.6. The quantitative estimate of drug-likeness (QED) is 0.362. The molecule has 0 aliphatic heterocycles. The average molecular weight is 445 g/mol. The van der Waals surface area contributed by atoms with Gasteiger partial charge in [-0.15, -0.1) is 0 Å². The smallest absolute Gasteiger partial charge is 0.335 e. The van der Waals surface area contributed by atoms with E-state index < -0.39 is 5.97 Å². The van der Waals surface area contributed by atoms with Gasteiger partial charge in [0.25, 0.3) is 0 Å². The average Bonchev–Trinajstić information content (AvgIpc) is 3.27. The molecule has 0 saturated heterocycles. The van der Waals surface area contributed by atoms with Crippen molar-refractivity contribution in [2.75, 3.05) is 7.11 Å². The maximum absolute atomic E-state index is 11.2. The van der Waals surface area contributed by atoms with E-state index in [-0.39, 0.29) is 5.56 Å². The Kier molecular flexibility index (Phi) is 5.29. The van der Waals surface area contributed by atoms with Crippen LogP contribution in [-0.4, -0.2) is 27.7 Å². The summed E-state index contributed by atoms with van der Waals surface area (Å²) < 4.78 is 7.32. The Bertz CT molecular complexity index is 1540. The van der Waals surface area contributed by atoms with Gasteiger partial charge in [-0.3, -0.25) is 0 Å². The summed E-state index contributed by atoms with van der Waals surface area (Å²) in [6.45, 7) is 0. The largest absolute Gasteiger partial charge is 0.497 e. The van der Waals surface area contributed by atoms with Crippen molar-refractivity contribution in [2.24, 2.45) is 0 Å². The van der Waals surface area contributed by atoms with Crippen LogP contribution in [0.15, 0.2) is 91.3 Å². The lowest BCUT2D eigenvalue weighted by Gasteiger charge is -2.07. The highest BCUT2D eigenvalue weighted by Crippen LogP contribution is 2.34. The molecule has 0 spiro atoms. The molecule has 6 nitrogen and oxygen atoms in total. The third-order valence-corrected chi connectivity index (χ3v) is 5.78. The van der Waals surface area contributed by atoms with Gasteiger partial charge in [0.2, 0.25) is 0 Å². The van der Waals surface area contributed by atoms with Gasteiger partial charge in [-0.2, -0.15) is 5.26 Å². The molecule has 1 N–H and O–H groups in total. The summed E-state index contributed by atoms with van der Waals surface area (Å²) in [6, 6.07) is 26.2.